The van der Waals surface area contributed by atoms with Crippen molar-refractivity contribution in [1.82, 2.24) is 4.90 Å². The Morgan fingerprint density at radius 3 is 2.67 bits per heavy atom. The van der Waals surface area contributed by atoms with Gasteiger partial charge in [0.2, 0.25) is 5.91 Å². The fourth-order valence-corrected chi connectivity index (χ4v) is 3.44. The molecule has 24 heavy (non-hydrogen) atoms. The maximum Gasteiger partial charge on any atom is 0.230 e. The summed E-state index contributed by atoms with van der Waals surface area (Å²) in [5.41, 5.74) is 2.92. The van der Waals surface area contributed by atoms with Crippen molar-refractivity contribution in [2.24, 2.45) is 0 Å². The van der Waals surface area contributed by atoms with Gasteiger partial charge in [-0.25, -0.2) is 8.78 Å². The van der Waals surface area contributed by atoms with Gasteiger partial charge in [-0.1, -0.05) is 30.3 Å². The molecule has 1 aliphatic rings. The Labute approximate surface area is 141 Å². The van der Waals surface area contributed by atoms with Crippen LogP contribution in [0.4, 0.5) is 8.78 Å². The van der Waals surface area contributed by atoms with Gasteiger partial charge in [0, 0.05) is 7.05 Å². The quantitative estimate of drug-likeness (QED) is 0.805. The first-order valence-corrected chi connectivity index (χ1v) is 8.28. The van der Waals surface area contributed by atoms with Gasteiger partial charge in [0.25, 0.3) is 0 Å². The van der Waals surface area contributed by atoms with Crippen LogP contribution in [0.3, 0.4) is 0 Å². The maximum absolute atomic E-state index is 13.5. The lowest BCUT2D eigenvalue weighted by atomic mass is 9.82. The Morgan fingerprint density at radius 2 is 1.92 bits per heavy atom. The van der Waals surface area contributed by atoms with E-state index < -0.39 is 11.6 Å². The van der Waals surface area contributed by atoms with Crippen LogP contribution >= 0.6 is 0 Å². The van der Waals surface area contributed by atoms with Crippen LogP contribution in [0.25, 0.3) is 0 Å². The first kappa shape index (κ1) is 16.6. The standard InChI is InChI=1S/C20H21F2NO/c1-13(15-10-11-18(21)19(22)12-15)23(2)20(24)17-9-5-7-14-6-3-4-8-16(14)17/h3-4,6,8,10-13,17H,5,7,9H2,1-2H3/t13-,17+/m0/s1. The lowest BCUT2D eigenvalue weighted by Gasteiger charge is -2.32. The molecule has 0 heterocycles. The normalized spacial score (nSPS) is 17.9. The summed E-state index contributed by atoms with van der Waals surface area (Å²) >= 11 is 0. The zero-order chi connectivity index (χ0) is 17.3. The summed E-state index contributed by atoms with van der Waals surface area (Å²) in [6.45, 7) is 1.83. The molecule has 3 rings (SSSR count). The largest absolute Gasteiger partial charge is 0.338 e. The van der Waals surface area contributed by atoms with Crippen LogP contribution in [0.2, 0.25) is 0 Å². The minimum Gasteiger partial charge on any atom is -0.338 e. The maximum atomic E-state index is 13.5. The number of rotatable bonds is 3. The zero-order valence-electron chi connectivity index (χ0n) is 13.9. The average molecular weight is 329 g/mol. The van der Waals surface area contributed by atoms with E-state index in [4.69, 9.17) is 0 Å². The summed E-state index contributed by atoms with van der Waals surface area (Å²) in [7, 11) is 1.73. The molecule has 2 atom stereocenters. The highest BCUT2D eigenvalue weighted by Gasteiger charge is 2.30. The van der Waals surface area contributed by atoms with Crippen molar-refractivity contribution >= 4 is 5.91 Å². The van der Waals surface area contributed by atoms with E-state index in [9.17, 15) is 13.6 Å². The second kappa shape index (κ2) is 6.71. The van der Waals surface area contributed by atoms with Crippen LogP contribution in [-0.2, 0) is 11.2 Å². The van der Waals surface area contributed by atoms with E-state index in [1.807, 2.05) is 25.1 Å². The molecule has 0 radical (unpaired) electrons. The van der Waals surface area contributed by atoms with Crippen LogP contribution < -0.4 is 0 Å². The van der Waals surface area contributed by atoms with Crippen molar-refractivity contribution in [1.29, 1.82) is 0 Å². The van der Waals surface area contributed by atoms with Crippen LogP contribution in [0.1, 0.15) is 48.4 Å². The van der Waals surface area contributed by atoms with E-state index >= 15 is 0 Å². The summed E-state index contributed by atoms with van der Waals surface area (Å²) < 4.78 is 26.6. The number of benzene rings is 2. The van der Waals surface area contributed by atoms with Gasteiger partial charge in [-0.2, -0.15) is 0 Å². The second-order valence-corrected chi connectivity index (χ2v) is 6.44. The number of carbonyl (C=O) groups excluding carboxylic acids is 1. The van der Waals surface area contributed by atoms with E-state index in [-0.39, 0.29) is 17.9 Å². The molecule has 0 saturated heterocycles. The molecule has 0 fully saturated rings. The van der Waals surface area contributed by atoms with E-state index in [0.717, 1.165) is 30.9 Å². The Bertz CT molecular complexity index is 759. The predicted octanol–water partition coefficient (Wildman–Crippen LogP) is 4.60. The summed E-state index contributed by atoms with van der Waals surface area (Å²) in [4.78, 5) is 14.6. The highest BCUT2D eigenvalue weighted by atomic mass is 19.2. The van der Waals surface area contributed by atoms with Crippen molar-refractivity contribution in [2.45, 2.75) is 38.1 Å². The Kier molecular flexibility index (Phi) is 4.65. The SMILES string of the molecule is C[C@@H](c1ccc(F)c(F)c1)N(C)C(=O)[C@@H]1CCCc2ccccc21. The van der Waals surface area contributed by atoms with Crippen molar-refractivity contribution in [3.63, 3.8) is 0 Å². The van der Waals surface area contributed by atoms with E-state index in [1.165, 1.54) is 17.7 Å². The van der Waals surface area contributed by atoms with Crippen molar-refractivity contribution < 1.29 is 13.6 Å². The molecule has 2 aromatic carbocycles. The van der Waals surface area contributed by atoms with Gasteiger partial charge in [-0.3, -0.25) is 4.79 Å². The third kappa shape index (κ3) is 3.05. The van der Waals surface area contributed by atoms with Gasteiger partial charge in [0.05, 0.1) is 12.0 Å². The van der Waals surface area contributed by atoms with Gasteiger partial charge in [0.1, 0.15) is 0 Å². The van der Waals surface area contributed by atoms with Gasteiger partial charge < -0.3 is 4.90 Å². The minimum absolute atomic E-state index is 0.0272. The molecule has 0 aliphatic heterocycles. The third-order valence-corrected chi connectivity index (χ3v) is 5.02. The van der Waals surface area contributed by atoms with Crippen molar-refractivity contribution in [3.8, 4) is 0 Å². The van der Waals surface area contributed by atoms with Gasteiger partial charge in [-0.05, 0) is 55.0 Å². The Hall–Kier alpha value is -2.23. The highest BCUT2D eigenvalue weighted by Crippen LogP contribution is 2.34. The lowest BCUT2D eigenvalue weighted by Crippen LogP contribution is -2.35. The third-order valence-electron chi connectivity index (χ3n) is 5.02. The van der Waals surface area contributed by atoms with Crippen LogP contribution in [-0.4, -0.2) is 17.9 Å². The molecule has 0 aromatic heterocycles. The van der Waals surface area contributed by atoms with Crippen LogP contribution in [0.15, 0.2) is 42.5 Å². The molecule has 2 nitrogen and oxygen atoms in total. The molecule has 0 bridgehead atoms. The summed E-state index contributed by atoms with van der Waals surface area (Å²) in [5.74, 6) is -1.89. The van der Waals surface area contributed by atoms with Crippen molar-refractivity contribution in [2.75, 3.05) is 7.05 Å². The molecule has 0 N–H and O–H groups in total. The number of nitrogens with zero attached hydrogens (tertiary/aromatic N) is 1. The Morgan fingerprint density at radius 1 is 1.17 bits per heavy atom. The molecule has 1 aliphatic carbocycles. The average Bonchev–Trinajstić information content (AvgIpc) is 2.61. The number of likely N-dealkylation sites (N-methyl/N-ethyl adjacent to an activating group) is 1. The molecular formula is C20H21F2NO. The van der Waals surface area contributed by atoms with Gasteiger partial charge >= 0.3 is 0 Å². The smallest absolute Gasteiger partial charge is 0.230 e. The highest BCUT2D eigenvalue weighted by molar-refractivity contribution is 5.84. The topological polar surface area (TPSA) is 20.3 Å². The van der Waals surface area contributed by atoms with Crippen LogP contribution in [0, 0.1) is 11.6 Å². The molecule has 4 heteroatoms. The second-order valence-electron chi connectivity index (χ2n) is 6.44. The predicted molar refractivity (Wildman–Crippen MR) is 89.7 cm³/mol. The number of aryl methyl sites for hydroxylation is 1. The fraction of sp³-hybridized carbons (Fsp3) is 0.350. The van der Waals surface area contributed by atoms with E-state index in [0.29, 0.717) is 5.56 Å². The van der Waals surface area contributed by atoms with E-state index in [2.05, 4.69) is 6.07 Å². The van der Waals surface area contributed by atoms with Crippen LogP contribution in [0.5, 0.6) is 0 Å². The molecule has 2 aromatic rings. The molecule has 1 amide bonds. The fourth-order valence-electron chi connectivity index (χ4n) is 3.44. The Balaban J connectivity index is 1.83. The molecule has 0 spiro atoms. The van der Waals surface area contributed by atoms with E-state index in [1.54, 1.807) is 11.9 Å². The summed E-state index contributed by atoms with van der Waals surface area (Å²) in [5, 5.41) is 0. The number of fused-ring (bicyclic) bond motifs is 1. The molecule has 126 valence electrons. The van der Waals surface area contributed by atoms with Gasteiger partial charge in [-0.15, -0.1) is 0 Å². The minimum atomic E-state index is -0.886. The first-order valence-electron chi connectivity index (χ1n) is 8.28. The summed E-state index contributed by atoms with van der Waals surface area (Å²) in [6.07, 6.45) is 2.81. The number of hydrogen-bond donors (Lipinski definition) is 0. The number of amides is 1. The first-order chi connectivity index (χ1) is 11.5. The van der Waals surface area contributed by atoms with Crippen molar-refractivity contribution in [3.05, 3.63) is 70.8 Å². The number of carbonyl (C=O) groups is 1. The molecule has 0 saturated carbocycles. The lowest BCUT2D eigenvalue weighted by molar-refractivity contribution is -0.133. The number of halogens is 2. The monoisotopic (exact) mass is 329 g/mol. The van der Waals surface area contributed by atoms with Gasteiger partial charge in [0.15, 0.2) is 11.6 Å². The number of hydrogen-bond acceptors (Lipinski definition) is 1. The molecule has 0 unspecified atom stereocenters. The summed E-state index contributed by atoms with van der Waals surface area (Å²) in [6, 6.07) is 11.5. The zero-order valence-corrected chi connectivity index (χ0v) is 13.9. The molecular weight excluding hydrogens is 308 g/mol.